The summed E-state index contributed by atoms with van der Waals surface area (Å²) >= 11 is 0. The van der Waals surface area contributed by atoms with E-state index >= 15 is 0 Å². The number of nitrogens with one attached hydrogen (secondary N) is 1. The molecule has 0 aliphatic rings. The standard InChI is InChI=1S/C22H19FN4O/c1-14-20(7-4-12-24-14)27(2)16-10-8-15(9-11-16)25-13-17-21-18(23)5-3-6-19(21)26-22(17)28/h3-13,26,28H,1-2H3. The molecule has 2 heterocycles. The van der Waals surface area contributed by atoms with Crippen LogP contribution in [0.15, 0.2) is 65.8 Å². The Morgan fingerprint density at radius 3 is 2.64 bits per heavy atom. The van der Waals surface area contributed by atoms with Crippen molar-refractivity contribution in [3.8, 4) is 5.88 Å². The summed E-state index contributed by atoms with van der Waals surface area (Å²) in [7, 11) is 1.98. The third-order valence-corrected chi connectivity index (χ3v) is 4.71. The van der Waals surface area contributed by atoms with Gasteiger partial charge in [0.2, 0.25) is 0 Å². The second kappa shape index (κ2) is 7.15. The minimum absolute atomic E-state index is 0.104. The molecule has 2 aromatic heterocycles. The van der Waals surface area contributed by atoms with E-state index in [4.69, 9.17) is 0 Å². The van der Waals surface area contributed by atoms with Gasteiger partial charge in [-0.2, -0.15) is 0 Å². The van der Waals surface area contributed by atoms with Gasteiger partial charge in [0.15, 0.2) is 5.88 Å². The third kappa shape index (κ3) is 3.20. The van der Waals surface area contributed by atoms with Crippen LogP contribution in [-0.4, -0.2) is 28.3 Å². The highest BCUT2D eigenvalue weighted by Gasteiger charge is 2.12. The van der Waals surface area contributed by atoms with Crippen LogP contribution in [0, 0.1) is 12.7 Å². The topological polar surface area (TPSA) is 64.5 Å². The highest BCUT2D eigenvalue weighted by molar-refractivity contribution is 6.02. The van der Waals surface area contributed by atoms with Crippen LogP contribution >= 0.6 is 0 Å². The normalized spacial score (nSPS) is 11.4. The highest BCUT2D eigenvalue weighted by Crippen LogP contribution is 2.30. The first kappa shape index (κ1) is 17.7. The van der Waals surface area contributed by atoms with Gasteiger partial charge < -0.3 is 15.0 Å². The number of benzene rings is 2. The monoisotopic (exact) mass is 374 g/mol. The van der Waals surface area contributed by atoms with E-state index < -0.39 is 5.82 Å². The average molecular weight is 374 g/mol. The molecule has 2 N–H and O–H groups in total. The molecule has 140 valence electrons. The minimum Gasteiger partial charge on any atom is -0.494 e. The number of aliphatic imine (C=N–C) groups is 1. The van der Waals surface area contributed by atoms with Gasteiger partial charge in [-0.15, -0.1) is 0 Å². The van der Waals surface area contributed by atoms with E-state index in [0.29, 0.717) is 22.2 Å². The van der Waals surface area contributed by atoms with Crippen molar-refractivity contribution in [3.05, 3.63) is 77.9 Å². The smallest absolute Gasteiger partial charge is 0.198 e. The molecular formula is C22H19FN4O. The molecule has 0 fully saturated rings. The van der Waals surface area contributed by atoms with Crippen LogP contribution in [0.2, 0.25) is 0 Å². The second-order valence-electron chi connectivity index (χ2n) is 6.49. The number of anilines is 2. The van der Waals surface area contributed by atoms with Crippen molar-refractivity contribution < 1.29 is 9.50 Å². The van der Waals surface area contributed by atoms with Crippen molar-refractivity contribution in [2.24, 2.45) is 4.99 Å². The van der Waals surface area contributed by atoms with Crippen LogP contribution in [0.3, 0.4) is 0 Å². The molecule has 5 nitrogen and oxygen atoms in total. The molecule has 4 rings (SSSR count). The van der Waals surface area contributed by atoms with Crippen LogP contribution < -0.4 is 4.90 Å². The fraction of sp³-hybridized carbons (Fsp3) is 0.0909. The number of fused-ring (bicyclic) bond motifs is 1. The number of hydrogen-bond acceptors (Lipinski definition) is 4. The van der Waals surface area contributed by atoms with Crippen molar-refractivity contribution in [1.82, 2.24) is 9.97 Å². The number of H-pyrrole nitrogens is 1. The maximum Gasteiger partial charge on any atom is 0.198 e. The highest BCUT2D eigenvalue weighted by atomic mass is 19.1. The Labute approximate surface area is 161 Å². The summed E-state index contributed by atoms with van der Waals surface area (Å²) in [6.45, 7) is 1.97. The summed E-state index contributed by atoms with van der Waals surface area (Å²) in [6.07, 6.45) is 3.24. The third-order valence-electron chi connectivity index (χ3n) is 4.71. The van der Waals surface area contributed by atoms with Gasteiger partial charge in [-0.1, -0.05) is 6.07 Å². The number of aromatic amines is 1. The summed E-state index contributed by atoms with van der Waals surface area (Å²) < 4.78 is 14.1. The number of nitrogens with zero attached hydrogens (tertiary/aromatic N) is 3. The van der Waals surface area contributed by atoms with E-state index in [0.717, 1.165) is 17.1 Å². The van der Waals surface area contributed by atoms with Gasteiger partial charge in [0.1, 0.15) is 5.82 Å². The number of aryl methyl sites for hydroxylation is 1. The lowest BCUT2D eigenvalue weighted by atomic mass is 10.1. The van der Waals surface area contributed by atoms with E-state index in [-0.39, 0.29) is 5.88 Å². The molecular weight excluding hydrogens is 355 g/mol. The van der Waals surface area contributed by atoms with Gasteiger partial charge in [0.25, 0.3) is 0 Å². The average Bonchev–Trinajstić information content (AvgIpc) is 3.03. The molecule has 6 heteroatoms. The van der Waals surface area contributed by atoms with Gasteiger partial charge in [-0.05, 0) is 55.5 Å². The lowest BCUT2D eigenvalue weighted by molar-refractivity contribution is 0.457. The van der Waals surface area contributed by atoms with Crippen LogP contribution in [0.4, 0.5) is 21.5 Å². The van der Waals surface area contributed by atoms with Gasteiger partial charge >= 0.3 is 0 Å². The van der Waals surface area contributed by atoms with E-state index in [1.165, 1.54) is 12.3 Å². The van der Waals surface area contributed by atoms with Crippen LogP contribution in [0.1, 0.15) is 11.3 Å². The first-order valence-corrected chi connectivity index (χ1v) is 8.83. The van der Waals surface area contributed by atoms with Crippen LogP contribution in [0.25, 0.3) is 10.9 Å². The van der Waals surface area contributed by atoms with Crippen molar-refractivity contribution in [2.75, 3.05) is 11.9 Å². The summed E-state index contributed by atoms with van der Waals surface area (Å²) in [6, 6.07) is 16.2. The molecule has 0 spiro atoms. The molecule has 0 saturated carbocycles. The Morgan fingerprint density at radius 2 is 1.89 bits per heavy atom. The molecule has 2 aromatic carbocycles. The lowest BCUT2D eigenvalue weighted by Crippen LogP contribution is -2.11. The predicted octanol–water partition coefficient (Wildman–Crippen LogP) is 5.23. The van der Waals surface area contributed by atoms with Crippen molar-refractivity contribution in [1.29, 1.82) is 0 Å². The molecule has 28 heavy (non-hydrogen) atoms. The largest absolute Gasteiger partial charge is 0.494 e. The fourth-order valence-corrected chi connectivity index (χ4v) is 3.21. The lowest BCUT2D eigenvalue weighted by Gasteiger charge is -2.20. The van der Waals surface area contributed by atoms with E-state index in [1.807, 2.05) is 50.4 Å². The first-order chi connectivity index (χ1) is 13.5. The van der Waals surface area contributed by atoms with Crippen LogP contribution in [0.5, 0.6) is 5.88 Å². The van der Waals surface area contributed by atoms with Gasteiger partial charge in [-0.3, -0.25) is 9.98 Å². The molecule has 0 bridgehead atoms. The second-order valence-corrected chi connectivity index (χ2v) is 6.49. The Morgan fingerprint density at radius 1 is 1.11 bits per heavy atom. The predicted molar refractivity (Wildman–Crippen MR) is 111 cm³/mol. The molecule has 0 atom stereocenters. The van der Waals surface area contributed by atoms with Crippen LogP contribution in [-0.2, 0) is 0 Å². The zero-order valence-corrected chi connectivity index (χ0v) is 15.5. The quantitative estimate of drug-likeness (QED) is 0.481. The number of aromatic hydroxyl groups is 1. The van der Waals surface area contributed by atoms with Crippen molar-refractivity contribution in [3.63, 3.8) is 0 Å². The summed E-state index contributed by atoms with van der Waals surface area (Å²) in [5, 5.41) is 10.4. The zero-order valence-electron chi connectivity index (χ0n) is 15.5. The van der Waals surface area contributed by atoms with Crippen molar-refractivity contribution in [2.45, 2.75) is 6.92 Å². The molecule has 0 radical (unpaired) electrons. The molecule has 0 unspecified atom stereocenters. The van der Waals surface area contributed by atoms with Crippen molar-refractivity contribution >= 4 is 34.2 Å². The number of hydrogen-bond donors (Lipinski definition) is 2. The maximum absolute atomic E-state index is 14.1. The molecule has 4 aromatic rings. The Hall–Kier alpha value is -3.67. The Balaban J connectivity index is 1.61. The molecule has 0 saturated heterocycles. The Bertz CT molecular complexity index is 1170. The molecule has 0 aliphatic heterocycles. The van der Waals surface area contributed by atoms with Gasteiger partial charge in [-0.25, -0.2) is 4.39 Å². The number of rotatable bonds is 4. The number of pyridine rings is 1. The SMILES string of the molecule is Cc1ncccc1N(C)c1ccc(N=Cc2c(O)[nH]c3cccc(F)c23)cc1. The van der Waals surface area contributed by atoms with E-state index in [9.17, 15) is 9.50 Å². The summed E-state index contributed by atoms with van der Waals surface area (Å²) in [5.41, 5.74) is 4.53. The summed E-state index contributed by atoms with van der Waals surface area (Å²) in [5.74, 6) is -0.508. The molecule has 0 amide bonds. The molecule has 0 aliphatic carbocycles. The van der Waals surface area contributed by atoms with Gasteiger partial charge in [0.05, 0.1) is 28.1 Å². The maximum atomic E-state index is 14.1. The Kier molecular flexibility index (Phi) is 4.53. The number of aromatic nitrogens is 2. The summed E-state index contributed by atoms with van der Waals surface area (Å²) in [4.78, 5) is 13.5. The minimum atomic E-state index is -0.403. The zero-order chi connectivity index (χ0) is 19.7. The fourth-order valence-electron chi connectivity index (χ4n) is 3.21. The first-order valence-electron chi connectivity index (χ1n) is 8.83. The number of halogens is 1. The van der Waals surface area contributed by atoms with Gasteiger partial charge in [0, 0.05) is 30.5 Å². The van der Waals surface area contributed by atoms with E-state index in [2.05, 4.69) is 19.9 Å². The van der Waals surface area contributed by atoms with E-state index in [1.54, 1.807) is 18.3 Å².